The van der Waals surface area contributed by atoms with E-state index in [4.69, 9.17) is 9.47 Å². The van der Waals surface area contributed by atoms with Crippen molar-refractivity contribution < 1.29 is 9.47 Å². The summed E-state index contributed by atoms with van der Waals surface area (Å²) in [5, 5.41) is 0. The molecule has 2 heterocycles. The first-order valence-electron chi connectivity index (χ1n) is 5.41. The van der Waals surface area contributed by atoms with Crippen LogP contribution in [-0.4, -0.2) is 30.6 Å². The van der Waals surface area contributed by atoms with E-state index in [1.165, 1.54) is 0 Å². The molecule has 0 fully saturated rings. The van der Waals surface area contributed by atoms with Crippen molar-refractivity contribution in [3.05, 3.63) is 24.0 Å². The average Bonchev–Trinajstić information content (AvgIpc) is 2.78. The van der Waals surface area contributed by atoms with Crippen molar-refractivity contribution in [2.75, 3.05) is 13.7 Å². The molecule has 0 unspecified atom stereocenters. The minimum atomic E-state index is 0.239. The lowest BCUT2D eigenvalue weighted by Crippen LogP contribution is -2.13. The molecule has 16 heavy (non-hydrogen) atoms. The number of nitrogens with zero attached hydrogens (tertiary/aromatic N) is 2. The zero-order valence-corrected chi connectivity index (χ0v) is 9.80. The fourth-order valence-electron chi connectivity index (χ4n) is 1.53. The third kappa shape index (κ3) is 2.15. The van der Waals surface area contributed by atoms with E-state index in [0.717, 1.165) is 11.4 Å². The predicted octanol–water partition coefficient (Wildman–Crippen LogP) is 1.89. The number of pyridine rings is 1. The van der Waals surface area contributed by atoms with Crippen molar-refractivity contribution >= 4 is 5.90 Å². The molecule has 0 bridgehead atoms. The van der Waals surface area contributed by atoms with Crippen LogP contribution in [0.25, 0.3) is 0 Å². The van der Waals surface area contributed by atoms with Crippen LogP contribution in [0.5, 0.6) is 5.75 Å². The van der Waals surface area contributed by atoms with Crippen LogP contribution in [0.2, 0.25) is 0 Å². The van der Waals surface area contributed by atoms with E-state index in [-0.39, 0.29) is 6.04 Å². The van der Waals surface area contributed by atoms with Gasteiger partial charge in [-0.15, -0.1) is 0 Å². The smallest absolute Gasteiger partial charge is 0.235 e. The molecule has 0 amide bonds. The SMILES string of the molecule is COc1ccnc(C2=N[C@H](C(C)C)CO2)c1. The highest BCUT2D eigenvalue weighted by Crippen LogP contribution is 2.18. The van der Waals surface area contributed by atoms with Gasteiger partial charge in [0.2, 0.25) is 5.90 Å². The molecule has 0 saturated heterocycles. The summed E-state index contributed by atoms with van der Waals surface area (Å²) in [5.41, 5.74) is 0.738. The molecule has 0 aromatic carbocycles. The maximum atomic E-state index is 5.54. The van der Waals surface area contributed by atoms with Gasteiger partial charge in [-0.05, 0) is 12.0 Å². The van der Waals surface area contributed by atoms with Crippen molar-refractivity contribution in [3.63, 3.8) is 0 Å². The quantitative estimate of drug-likeness (QED) is 0.781. The molecule has 1 aliphatic heterocycles. The maximum Gasteiger partial charge on any atom is 0.235 e. The molecule has 0 spiro atoms. The largest absolute Gasteiger partial charge is 0.497 e. The van der Waals surface area contributed by atoms with Gasteiger partial charge >= 0.3 is 0 Å². The molecule has 0 saturated carbocycles. The fraction of sp³-hybridized carbons (Fsp3) is 0.500. The molecule has 1 aliphatic rings. The molecule has 0 N–H and O–H groups in total. The number of hydrogen-bond acceptors (Lipinski definition) is 4. The Morgan fingerprint density at radius 1 is 1.50 bits per heavy atom. The van der Waals surface area contributed by atoms with E-state index >= 15 is 0 Å². The summed E-state index contributed by atoms with van der Waals surface area (Å²) in [6.07, 6.45) is 1.70. The Kier molecular flexibility index (Phi) is 3.08. The molecule has 0 radical (unpaired) electrons. The molecule has 4 nitrogen and oxygen atoms in total. The zero-order valence-electron chi connectivity index (χ0n) is 9.80. The van der Waals surface area contributed by atoms with Crippen molar-refractivity contribution in [1.29, 1.82) is 0 Å². The summed E-state index contributed by atoms with van der Waals surface area (Å²) >= 11 is 0. The van der Waals surface area contributed by atoms with Gasteiger partial charge in [0.15, 0.2) is 0 Å². The van der Waals surface area contributed by atoms with Crippen molar-refractivity contribution in [2.45, 2.75) is 19.9 Å². The van der Waals surface area contributed by atoms with Gasteiger partial charge in [0.25, 0.3) is 0 Å². The maximum absolute atomic E-state index is 5.54. The van der Waals surface area contributed by atoms with Gasteiger partial charge in [0.1, 0.15) is 18.1 Å². The third-order valence-corrected chi connectivity index (χ3v) is 2.63. The second-order valence-electron chi connectivity index (χ2n) is 4.14. The predicted molar refractivity (Wildman–Crippen MR) is 61.9 cm³/mol. The Morgan fingerprint density at radius 2 is 2.31 bits per heavy atom. The number of aromatic nitrogens is 1. The molecular formula is C12H16N2O2. The van der Waals surface area contributed by atoms with Gasteiger partial charge in [0.05, 0.1) is 13.2 Å². The topological polar surface area (TPSA) is 43.7 Å². The molecule has 4 heteroatoms. The number of rotatable bonds is 3. The standard InChI is InChI=1S/C12H16N2O2/c1-8(2)11-7-16-12(14-11)10-6-9(15-3)4-5-13-10/h4-6,8,11H,7H2,1-3H3/t11-/m0/s1. The summed E-state index contributed by atoms with van der Waals surface area (Å²) in [7, 11) is 1.63. The van der Waals surface area contributed by atoms with Crippen molar-refractivity contribution in [2.24, 2.45) is 10.9 Å². The molecule has 0 aliphatic carbocycles. The Morgan fingerprint density at radius 3 is 2.94 bits per heavy atom. The first-order valence-corrected chi connectivity index (χ1v) is 5.41. The van der Waals surface area contributed by atoms with E-state index < -0.39 is 0 Å². The minimum Gasteiger partial charge on any atom is -0.497 e. The number of hydrogen-bond donors (Lipinski definition) is 0. The first-order chi connectivity index (χ1) is 7.70. The monoisotopic (exact) mass is 220 g/mol. The number of aliphatic imine (C=N–C) groups is 1. The van der Waals surface area contributed by atoms with Gasteiger partial charge in [-0.3, -0.25) is 4.98 Å². The van der Waals surface area contributed by atoms with E-state index in [0.29, 0.717) is 18.4 Å². The molecule has 1 aromatic heterocycles. The third-order valence-electron chi connectivity index (χ3n) is 2.63. The van der Waals surface area contributed by atoms with E-state index in [2.05, 4.69) is 23.8 Å². The van der Waals surface area contributed by atoms with Gasteiger partial charge in [-0.1, -0.05) is 13.8 Å². The molecule has 2 rings (SSSR count). The van der Waals surface area contributed by atoms with Crippen LogP contribution >= 0.6 is 0 Å². The minimum absolute atomic E-state index is 0.239. The Balaban J connectivity index is 2.21. The van der Waals surface area contributed by atoms with Gasteiger partial charge in [-0.25, -0.2) is 4.99 Å². The van der Waals surface area contributed by atoms with Crippen LogP contribution in [0, 0.1) is 5.92 Å². The highest BCUT2D eigenvalue weighted by Gasteiger charge is 2.23. The summed E-state index contributed by atoms with van der Waals surface area (Å²) in [5.74, 6) is 1.88. The van der Waals surface area contributed by atoms with Crippen molar-refractivity contribution in [1.82, 2.24) is 4.98 Å². The lowest BCUT2D eigenvalue weighted by atomic mass is 10.1. The second kappa shape index (κ2) is 4.51. The highest BCUT2D eigenvalue weighted by molar-refractivity contribution is 5.93. The van der Waals surface area contributed by atoms with Gasteiger partial charge in [-0.2, -0.15) is 0 Å². The lowest BCUT2D eigenvalue weighted by molar-refractivity contribution is 0.291. The number of ether oxygens (including phenoxy) is 2. The van der Waals surface area contributed by atoms with E-state index in [1.54, 1.807) is 19.4 Å². The molecule has 1 atom stereocenters. The second-order valence-corrected chi connectivity index (χ2v) is 4.14. The lowest BCUT2D eigenvalue weighted by Gasteiger charge is -2.06. The van der Waals surface area contributed by atoms with Crippen LogP contribution in [0.15, 0.2) is 23.3 Å². The first kappa shape index (κ1) is 10.9. The molecular weight excluding hydrogens is 204 g/mol. The van der Waals surface area contributed by atoms with Gasteiger partial charge < -0.3 is 9.47 Å². The summed E-state index contributed by atoms with van der Waals surface area (Å²) in [4.78, 5) is 8.74. The van der Waals surface area contributed by atoms with Gasteiger partial charge in [0, 0.05) is 12.3 Å². The van der Waals surface area contributed by atoms with E-state index in [1.807, 2.05) is 6.07 Å². The molecule has 86 valence electrons. The summed E-state index contributed by atoms with van der Waals surface area (Å²) < 4.78 is 10.7. The Bertz CT molecular complexity index is 402. The van der Waals surface area contributed by atoms with Crippen LogP contribution in [0.3, 0.4) is 0 Å². The normalized spacial score (nSPS) is 19.5. The summed E-state index contributed by atoms with van der Waals surface area (Å²) in [6.45, 7) is 4.92. The average molecular weight is 220 g/mol. The van der Waals surface area contributed by atoms with Crippen LogP contribution in [-0.2, 0) is 4.74 Å². The van der Waals surface area contributed by atoms with Crippen LogP contribution in [0.4, 0.5) is 0 Å². The Labute approximate surface area is 95.3 Å². The zero-order chi connectivity index (χ0) is 11.5. The number of methoxy groups -OCH3 is 1. The highest BCUT2D eigenvalue weighted by atomic mass is 16.5. The Hall–Kier alpha value is -1.58. The van der Waals surface area contributed by atoms with Crippen LogP contribution < -0.4 is 4.74 Å². The van der Waals surface area contributed by atoms with Crippen molar-refractivity contribution in [3.8, 4) is 5.75 Å². The van der Waals surface area contributed by atoms with E-state index in [9.17, 15) is 0 Å². The van der Waals surface area contributed by atoms with Crippen LogP contribution in [0.1, 0.15) is 19.5 Å². The fourth-order valence-corrected chi connectivity index (χ4v) is 1.53. The summed E-state index contributed by atoms with van der Waals surface area (Å²) in [6, 6.07) is 3.88. The molecule has 1 aromatic rings.